The van der Waals surface area contributed by atoms with Gasteiger partial charge in [0.1, 0.15) is 11.9 Å². The van der Waals surface area contributed by atoms with Gasteiger partial charge in [-0.25, -0.2) is 0 Å². The highest BCUT2D eigenvalue weighted by atomic mass is 16.5. The molecule has 0 saturated carbocycles. The summed E-state index contributed by atoms with van der Waals surface area (Å²) in [7, 11) is 0. The zero-order chi connectivity index (χ0) is 12.6. The lowest BCUT2D eigenvalue weighted by molar-refractivity contribution is 0.135. The number of hydrogen-bond acceptors (Lipinski definition) is 3. The van der Waals surface area contributed by atoms with Gasteiger partial charge in [-0.05, 0) is 49.6 Å². The lowest BCUT2D eigenvalue weighted by atomic mass is 10.1. The molecule has 0 radical (unpaired) electrons. The van der Waals surface area contributed by atoms with Gasteiger partial charge < -0.3 is 14.8 Å². The molecule has 0 fully saturated rings. The summed E-state index contributed by atoms with van der Waals surface area (Å²) in [5.74, 6) is 0.930. The number of allylic oxidation sites excluding steroid dienone is 1. The third-order valence-electron chi connectivity index (χ3n) is 2.88. The second-order valence-corrected chi connectivity index (χ2v) is 4.46. The van der Waals surface area contributed by atoms with Crippen LogP contribution in [0.4, 0.5) is 5.69 Å². The van der Waals surface area contributed by atoms with Crippen molar-refractivity contribution in [2.45, 2.75) is 32.3 Å². The van der Waals surface area contributed by atoms with E-state index in [1.807, 2.05) is 24.3 Å². The fourth-order valence-electron chi connectivity index (χ4n) is 1.86. The van der Waals surface area contributed by atoms with Crippen LogP contribution in [-0.4, -0.2) is 19.3 Å². The molecule has 1 N–H and O–H groups in total. The van der Waals surface area contributed by atoms with Gasteiger partial charge in [0.2, 0.25) is 0 Å². The van der Waals surface area contributed by atoms with Crippen LogP contribution in [-0.2, 0) is 4.74 Å². The third-order valence-corrected chi connectivity index (χ3v) is 2.88. The standard InChI is InChI=1S/C15H21NO2/c1-2-10-17-14-8-6-13(7-9-14)16-12-15-5-3-4-11-18-15/h4,6-9,11,15-16H,2-3,5,10,12H2,1H3. The summed E-state index contributed by atoms with van der Waals surface area (Å²) in [5.41, 5.74) is 1.11. The van der Waals surface area contributed by atoms with Crippen LogP contribution in [0.15, 0.2) is 36.6 Å². The molecule has 1 aliphatic heterocycles. The van der Waals surface area contributed by atoms with Crippen LogP contribution in [0.3, 0.4) is 0 Å². The predicted molar refractivity (Wildman–Crippen MR) is 74.0 cm³/mol. The summed E-state index contributed by atoms with van der Waals surface area (Å²) < 4.78 is 11.1. The number of benzene rings is 1. The molecule has 3 nitrogen and oxygen atoms in total. The van der Waals surface area contributed by atoms with Crippen LogP contribution in [0, 0.1) is 0 Å². The number of hydrogen-bond donors (Lipinski definition) is 1. The van der Waals surface area contributed by atoms with Crippen molar-refractivity contribution >= 4 is 5.69 Å². The minimum absolute atomic E-state index is 0.283. The van der Waals surface area contributed by atoms with E-state index in [9.17, 15) is 0 Å². The van der Waals surface area contributed by atoms with Gasteiger partial charge in [0, 0.05) is 5.69 Å². The maximum absolute atomic E-state index is 5.54. The monoisotopic (exact) mass is 247 g/mol. The van der Waals surface area contributed by atoms with Gasteiger partial charge in [-0.1, -0.05) is 6.92 Å². The van der Waals surface area contributed by atoms with Crippen molar-refractivity contribution in [3.8, 4) is 5.75 Å². The van der Waals surface area contributed by atoms with Crippen LogP contribution in [0.25, 0.3) is 0 Å². The van der Waals surface area contributed by atoms with Crippen molar-refractivity contribution in [3.05, 3.63) is 36.6 Å². The molecule has 18 heavy (non-hydrogen) atoms. The molecule has 1 aliphatic rings. The quantitative estimate of drug-likeness (QED) is 0.833. The van der Waals surface area contributed by atoms with Gasteiger partial charge >= 0.3 is 0 Å². The van der Waals surface area contributed by atoms with Crippen LogP contribution in [0.1, 0.15) is 26.2 Å². The summed E-state index contributed by atoms with van der Waals surface area (Å²) in [4.78, 5) is 0. The molecule has 0 bridgehead atoms. The molecule has 2 rings (SSSR count). The lowest BCUT2D eigenvalue weighted by Gasteiger charge is -2.20. The first-order valence-electron chi connectivity index (χ1n) is 6.65. The zero-order valence-corrected chi connectivity index (χ0v) is 10.9. The van der Waals surface area contributed by atoms with Gasteiger partial charge in [0.15, 0.2) is 0 Å². The Morgan fingerprint density at radius 3 is 2.83 bits per heavy atom. The maximum Gasteiger partial charge on any atom is 0.119 e. The van der Waals surface area contributed by atoms with Gasteiger partial charge in [0.05, 0.1) is 19.4 Å². The lowest BCUT2D eigenvalue weighted by Crippen LogP contribution is -2.22. The van der Waals surface area contributed by atoms with Crippen molar-refractivity contribution in [2.24, 2.45) is 0 Å². The van der Waals surface area contributed by atoms with Crippen molar-refractivity contribution in [1.29, 1.82) is 0 Å². The largest absolute Gasteiger partial charge is 0.497 e. The number of ether oxygens (including phenoxy) is 2. The second kappa shape index (κ2) is 6.94. The fraction of sp³-hybridized carbons (Fsp3) is 0.467. The molecule has 0 spiro atoms. The molecule has 0 aromatic heterocycles. The molecule has 0 saturated heterocycles. The van der Waals surface area contributed by atoms with Crippen LogP contribution in [0.2, 0.25) is 0 Å². The van der Waals surface area contributed by atoms with Crippen molar-refractivity contribution in [2.75, 3.05) is 18.5 Å². The molecule has 98 valence electrons. The molecular weight excluding hydrogens is 226 g/mol. The Morgan fingerprint density at radius 1 is 1.33 bits per heavy atom. The third kappa shape index (κ3) is 3.99. The molecule has 1 atom stereocenters. The predicted octanol–water partition coefficient (Wildman–Crippen LogP) is 3.58. The molecule has 1 aromatic carbocycles. The van der Waals surface area contributed by atoms with Crippen molar-refractivity contribution in [3.63, 3.8) is 0 Å². The zero-order valence-electron chi connectivity index (χ0n) is 10.9. The summed E-state index contributed by atoms with van der Waals surface area (Å²) in [6.45, 7) is 3.73. The van der Waals surface area contributed by atoms with Crippen molar-refractivity contribution < 1.29 is 9.47 Å². The van der Waals surface area contributed by atoms with E-state index >= 15 is 0 Å². The molecule has 0 amide bonds. The van der Waals surface area contributed by atoms with Crippen LogP contribution >= 0.6 is 0 Å². The van der Waals surface area contributed by atoms with E-state index in [2.05, 4.69) is 18.3 Å². The Labute approximate surface area is 109 Å². The van der Waals surface area contributed by atoms with E-state index in [0.29, 0.717) is 0 Å². The summed E-state index contributed by atoms with van der Waals surface area (Å²) >= 11 is 0. The van der Waals surface area contributed by atoms with Crippen LogP contribution < -0.4 is 10.1 Å². The number of rotatable bonds is 6. The minimum Gasteiger partial charge on any atom is -0.497 e. The van der Waals surface area contributed by atoms with Gasteiger partial charge in [-0.15, -0.1) is 0 Å². The molecule has 0 aliphatic carbocycles. The van der Waals surface area contributed by atoms with Crippen molar-refractivity contribution in [1.82, 2.24) is 0 Å². The summed E-state index contributed by atoms with van der Waals surface area (Å²) in [5, 5.41) is 3.38. The van der Waals surface area contributed by atoms with E-state index < -0.39 is 0 Å². The average molecular weight is 247 g/mol. The first-order chi connectivity index (χ1) is 8.88. The molecular formula is C15H21NO2. The molecule has 3 heteroatoms. The number of anilines is 1. The molecule has 1 unspecified atom stereocenters. The summed E-state index contributed by atoms with van der Waals surface area (Å²) in [6.07, 6.45) is 7.38. The van der Waals surface area contributed by atoms with Crippen LogP contribution in [0.5, 0.6) is 5.75 Å². The Kier molecular flexibility index (Phi) is 4.94. The smallest absolute Gasteiger partial charge is 0.119 e. The second-order valence-electron chi connectivity index (χ2n) is 4.46. The SMILES string of the molecule is CCCOc1ccc(NCC2CCC=CO2)cc1. The fourth-order valence-corrected chi connectivity index (χ4v) is 1.86. The van der Waals surface area contributed by atoms with Gasteiger partial charge in [0.25, 0.3) is 0 Å². The Bertz CT molecular complexity index is 373. The van der Waals surface area contributed by atoms with E-state index in [1.54, 1.807) is 6.26 Å². The highest BCUT2D eigenvalue weighted by molar-refractivity contribution is 5.46. The maximum atomic E-state index is 5.54. The highest BCUT2D eigenvalue weighted by Crippen LogP contribution is 2.17. The molecule has 1 aromatic rings. The van der Waals surface area contributed by atoms with E-state index in [0.717, 1.165) is 43.9 Å². The summed E-state index contributed by atoms with van der Waals surface area (Å²) in [6, 6.07) is 8.09. The van der Waals surface area contributed by atoms with E-state index in [-0.39, 0.29) is 6.10 Å². The first kappa shape index (κ1) is 12.8. The minimum atomic E-state index is 0.283. The van der Waals surface area contributed by atoms with E-state index in [1.165, 1.54) is 0 Å². The Morgan fingerprint density at radius 2 is 2.17 bits per heavy atom. The Balaban J connectivity index is 1.77. The normalized spacial score (nSPS) is 18.2. The van der Waals surface area contributed by atoms with Gasteiger partial charge in [-0.2, -0.15) is 0 Å². The van der Waals surface area contributed by atoms with Gasteiger partial charge in [-0.3, -0.25) is 0 Å². The topological polar surface area (TPSA) is 30.5 Å². The van der Waals surface area contributed by atoms with E-state index in [4.69, 9.17) is 9.47 Å². The first-order valence-corrected chi connectivity index (χ1v) is 6.65. The average Bonchev–Trinajstić information content (AvgIpc) is 2.45. The molecule has 1 heterocycles. The Hall–Kier alpha value is -1.64. The number of nitrogens with one attached hydrogen (secondary N) is 1. The highest BCUT2D eigenvalue weighted by Gasteiger charge is 2.10.